The summed E-state index contributed by atoms with van der Waals surface area (Å²) in [6.45, 7) is 1.41. The van der Waals surface area contributed by atoms with Crippen LogP contribution in [0.2, 0.25) is 0 Å². The lowest BCUT2D eigenvalue weighted by molar-refractivity contribution is -0.114. The average molecular weight is 442 g/mol. The molecule has 2 aliphatic heterocycles. The molecule has 2 bridgehead atoms. The van der Waals surface area contributed by atoms with Crippen molar-refractivity contribution in [2.45, 2.75) is 62.0 Å². The number of amides is 2. The van der Waals surface area contributed by atoms with Crippen molar-refractivity contribution in [2.24, 2.45) is 0 Å². The van der Waals surface area contributed by atoms with E-state index in [9.17, 15) is 18.0 Å². The molecule has 2 aromatic rings. The van der Waals surface area contributed by atoms with Crippen LogP contribution in [0.25, 0.3) is 0 Å². The first kappa shape index (κ1) is 21.5. The molecule has 2 fully saturated rings. The molecule has 2 saturated heterocycles. The molecule has 0 saturated carbocycles. The number of fused-ring (bicyclic) bond motifs is 2. The molecule has 2 atom stereocenters. The van der Waals surface area contributed by atoms with E-state index in [0.29, 0.717) is 24.1 Å². The van der Waals surface area contributed by atoms with Crippen LogP contribution in [0.3, 0.4) is 0 Å². The molecule has 31 heavy (non-hydrogen) atoms. The molecular formula is C23H27N3O4S. The molecule has 2 aliphatic rings. The highest BCUT2D eigenvalue weighted by Gasteiger charge is 2.45. The van der Waals surface area contributed by atoms with Crippen molar-refractivity contribution in [1.82, 2.24) is 9.62 Å². The zero-order valence-electron chi connectivity index (χ0n) is 17.5. The number of sulfonamides is 1. The normalized spacial score (nSPS) is 23.7. The van der Waals surface area contributed by atoms with E-state index in [0.717, 1.165) is 19.3 Å². The lowest BCUT2D eigenvalue weighted by atomic mass is 9.84. The maximum absolute atomic E-state index is 13.4. The van der Waals surface area contributed by atoms with Crippen LogP contribution in [0.5, 0.6) is 0 Å². The first-order chi connectivity index (χ1) is 14.8. The van der Waals surface area contributed by atoms with Gasteiger partial charge in [-0.2, -0.15) is 4.31 Å². The smallest absolute Gasteiger partial charge is 0.251 e. The van der Waals surface area contributed by atoms with Crippen LogP contribution in [0.1, 0.15) is 49.4 Å². The third-order valence-corrected chi connectivity index (χ3v) is 8.05. The Kier molecular flexibility index (Phi) is 6.11. The lowest BCUT2D eigenvalue weighted by Crippen LogP contribution is -2.58. The molecule has 2 N–H and O–H groups in total. The van der Waals surface area contributed by atoms with Crippen LogP contribution >= 0.6 is 0 Å². The van der Waals surface area contributed by atoms with Crippen molar-refractivity contribution >= 4 is 27.5 Å². The Morgan fingerprint density at radius 3 is 2.13 bits per heavy atom. The fourth-order valence-electron chi connectivity index (χ4n) is 4.74. The number of hydrogen-bond donors (Lipinski definition) is 2. The third kappa shape index (κ3) is 4.65. The SMILES string of the molecule is CC(=O)Nc1ccc(S(=O)(=O)N2[C@H]3CCC[C@H]2CC(NC(=O)c2ccccc2)C3)cc1. The number of piperidine rings is 2. The minimum absolute atomic E-state index is 0.0448. The van der Waals surface area contributed by atoms with Gasteiger partial charge < -0.3 is 10.6 Å². The van der Waals surface area contributed by atoms with Crippen molar-refractivity contribution in [3.05, 3.63) is 60.2 Å². The summed E-state index contributed by atoms with van der Waals surface area (Å²) in [5.74, 6) is -0.321. The van der Waals surface area contributed by atoms with E-state index >= 15 is 0 Å². The third-order valence-electron chi connectivity index (χ3n) is 6.03. The van der Waals surface area contributed by atoms with Gasteiger partial charge in [0.2, 0.25) is 15.9 Å². The Bertz CT molecular complexity index is 1040. The van der Waals surface area contributed by atoms with Crippen molar-refractivity contribution in [1.29, 1.82) is 0 Å². The van der Waals surface area contributed by atoms with E-state index < -0.39 is 10.0 Å². The Hall–Kier alpha value is -2.71. The van der Waals surface area contributed by atoms with E-state index in [1.807, 2.05) is 18.2 Å². The van der Waals surface area contributed by atoms with Gasteiger partial charge in [0.25, 0.3) is 5.91 Å². The highest BCUT2D eigenvalue weighted by molar-refractivity contribution is 7.89. The topological polar surface area (TPSA) is 95.6 Å². The fourth-order valence-corrected chi connectivity index (χ4v) is 6.63. The van der Waals surface area contributed by atoms with Gasteiger partial charge in [0, 0.05) is 36.3 Å². The van der Waals surface area contributed by atoms with Crippen LogP contribution in [-0.2, 0) is 14.8 Å². The highest BCUT2D eigenvalue weighted by Crippen LogP contribution is 2.38. The summed E-state index contributed by atoms with van der Waals surface area (Å²) >= 11 is 0. The Balaban J connectivity index is 1.50. The van der Waals surface area contributed by atoms with Crippen LogP contribution < -0.4 is 10.6 Å². The van der Waals surface area contributed by atoms with Crippen LogP contribution in [0.15, 0.2) is 59.5 Å². The molecule has 7 nitrogen and oxygen atoms in total. The van der Waals surface area contributed by atoms with E-state index in [-0.39, 0.29) is 34.8 Å². The molecule has 0 spiro atoms. The van der Waals surface area contributed by atoms with E-state index in [2.05, 4.69) is 10.6 Å². The minimum atomic E-state index is -3.66. The van der Waals surface area contributed by atoms with E-state index in [4.69, 9.17) is 0 Å². The molecule has 2 amide bonds. The molecule has 2 aromatic carbocycles. The van der Waals surface area contributed by atoms with Crippen LogP contribution in [-0.4, -0.2) is 42.7 Å². The fraction of sp³-hybridized carbons (Fsp3) is 0.391. The van der Waals surface area contributed by atoms with Crippen LogP contribution in [0.4, 0.5) is 5.69 Å². The predicted octanol–water partition coefficient (Wildman–Crippen LogP) is 3.15. The maximum atomic E-state index is 13.4. The summed E-state index contributed by atoms with van der Waals surface area (Å²) < 4.78 is 28.5. The second-order valence-electron chi connectivity index (χ2n) is 8.29. The number of carbonyl (C=O) groups is 2. The zero-order valence-corrected chi connectivity index (χ0v) is 18.3. The van der Waals surface area contributed by atoms with Gasteiger partial charge in [-0.25, -0.2) is 8.42 Å². The summed E-state index contributed by atoms with van der Waals surface area (Å²) in [4.78, 5) is 24.0. The summed E-state index contributed by atoms with van der Waals surface area (Å²) in [5, 5.41) is 5.75. The van der Waals surface area contributed by atoms with Gasteiger partial charge in [-0.3, -0.25) is 9.59 Å². The molecule has 0 radical (unpaired) electrons. The van der Waals surface area contributed by atoms with Gasteiger partial charge >= 0.3 is 0 Å². The molecule has 8 heteroatoms. The van der Waals surface area contributed by atoms with Gasteiger partial charge in [0.05, 0.1) is 4.90 Å². The number of rotatable bonds is 5. The molecule has 0 aromatic heterocycles. The Labute approximate surface area is 182 Å². The molecule has 164 valence electrons. The van der Waals surface area contributed by atoms with Crippen molar-refractivity contribution < 1.29 is 18.0 Å². The molecule has 2 heterocycles. The number of anilines is 1. The van der Waals surface area contributed by atoms with E-state index in [1.165, 1.54) is 6.92 Å². The van der Waals surface area contributed by atoms with Gasteiger partial charge in [0.1, 0.15) is 0 Å². The number of carbonyl (C=O) groups excluding carboxylic acids is 2. The Morgan fingerprint density at radius 2 is 1.55 bits per heavy atom. The minimum Gasteiger partial charge on any atom is -0.349 e. The average Bonchev–Trinajstić information content (AvgIpc) is 2.73. The molecule has 0 unspecified atom stereocenters. The first-order valence-electron chi connectivity index (χ1n) is 10.6. The van der Waals surface area contributed by atoms with Crippen molar-refractivity contribution in [3.63, 3.8) is 0 Å². The zero-order chi connectivity index (χ0) is 22.0. The molecule has 0 aliphatic carbocycles. The number of hydrogen-bond acceptors (Lipinski definition) is 4. The second-order valence-corrected chi connectivity index (χ2v) is 10.1. The summed E-state index contributed by atoms with van der Waals surface area (Å²) in [6.07, 6.45) is 3.79. The van der Waals surface area contributed by atoms with Crippen LogP contribution in [0, 0.1) is 0 Å². The van der Waals surface area contributed by atoms with Crippen molar-refractivity contribution in [2.75, 3.05) is 5.32 Å². The predicted molar refractivity (Wildman–Crippen MR) is 118 cm³/mol. The standard InChI is InChI=1S/C23H27N3O4S/c1-16(27)24-18-10-12-22(13-11-18)31(29,30)26-20-8-5-9-21(26)15-19(14-20)25-23(28)17-6-3-2-4-7-17/h2-4,6-7,10-13,19-21H,5,8-9,14-15H2,1H3,(H,24,27)(H,25,28)/t20-,21-/m0/s1. The number of benzene rings is 2. The highest BCUT2D eigenvalue weighted by atomic mass is 32.2. The van der Waals surface area contributed by atoms with Gasteiger partial charge in [-0.1, -0.05) is 24.6 Å². The summed E-state index contributed by atoms with van der Waals surface area (Å²) in [5.41, 5.74) is 1.18. The largest absolute Gasteiger partial charge is 0.349 e. The summed E-state index contributed by atoms with van der Waals surface area (Å²) in [7, 11) is -3.66. The lowest BCUT2D eigenvalue weighted by Gasteiger charge is -2.47. The molecule has 4 rings (SSSR count). The first-order valence-corrected chi connectivity index (χ1v) is 12.1. The van der Waals surface area contributed by atoms with Crippen molar-refractivity contribution in [3.8, 4) is 0 Å². The maximum Gasteiger partial charge on any atom is 0.251 e. The number of nitrogens with one attached hydrogen (secondary N) is 2. The Morgan fingerprint density at radius 1 is 0.935 bits per heavy atom. The van der Waals surface area contributed by atoms with E-state index in [1.54, 1.807) is 40.7 Å². The summed E-state index contributed by atoms with van der Waals surface area (Å²) in [6, 6.07) is 15.1. The van der Waals surface area contributed by atoms with Gasteiger partial charge in [0.15, 0.2) is 0 Å². The molecular weight excluding hydrogens is 414 g/mol. The monoisotopic (exact) mass is 441 g/mol. The quantitative estimate of drug-likeness (QED) is 0.745. The number of nitrogens with zero attached hydrogens (tertiary/aromatic N) is 1. The van der Waals surface area contributed by atoms with Gasteiger partial charge in [-0.15, -0.1) is 0 Å². The second kappa shape index (κ2) is 8.80. The van der Waals surface area contributed by atoms with Gasteiger partial charge in [-0.05, 0) is 62.1 Å².